The maximum absolute atomic E-state index is 6.29. The fourth-order valence-electron chi connectivity index (χ4n) is 3.43. The summed E-state index contributed by atoms with van der Waals surface area (Å²) < 4.78 is 6.29. The van der Waals surface area contributed by atoms with E-state index in [0.717, 1.165) is 13.0 Å². The topological polar surface area (TPSA) is 9.23 Å². The second kappa shape index (κ2) is 13.6. The summed E-state index contributed by atoms with van der Waals surface area (Å²) in [6, 6.07) is 21.1. The molecule has 0 unspecified atom stereocenters. The van der Waals surface area contributed by atoms with Gasteiger partial charge < -0.3 is 4.74 Å². The molecule has 0 aliphatic carbocycles. The molecule has 1 nitrogen and oxygen atoms in total. The van der Waals surface area contributed by atoms with Crippen LogP contribution in [-0.4, -0.2) is 6.61 Å². The second-order valence-electron chi connectivity index (χ2n) is 7.25. The Morgan fingerprint density at radius 1 is 0.577 bits per heavy atom. The molecule has 0 aliphatic rings. The summed E-state index contributed by atoms with van der Waals surface area (Å²) in [5.74, 6) is 0. The summed E-state index contributed by atoms with van der Waals surface area (Å²) in [5, 5.41) is 0. The molecule has 0 saturated heterocycles. The molecule has 0 aliphatic heterocycles. The Bertz CT molecular complexity index is 509. The SMILES string of the molecule is CCCCCCCCCCCCOC(c1ccccc1)c1ccccc1. The number of hydrogen-bond acceptors (Lipinski definition) is 1. The summed E-state index contributed by atoms with van der Waals surface area (Å²) in [5.41, 5.74) is 2.48. The van der Waals surface area contributed by atoms with E-state index in [2.05, 4.69) is 67.6 Å². The van der Waals surface area contributed by atoms with Crippen LogP contribution in [0.3, 0.4) is 0 Å². The Labute approximate surface area is 160 Å². The second-order valence-corrected chi connectivity index (χ2v) is 7.25. The summed E-state index contributed by atoms with van der Waals surface area (Å²) in [6.07, 6.45) is 13.6. The minimum absolute atomic E-state index is 0.0518. The molecule has 2 rings (SSSR count). The monoisotopic (exact) mass is 352 g/mol. The Balaban J connectivity index is 1.64. The zero-order valence-corrected chi connectivity index (χ0v) is 16.5. The number of hydrogen-bond donors (Lipinski definition) is 0. The van der Waals surface area contributed by atoms with E-state index in [4.69, 9.17) is 4.74 Å². The maximum Gasteiger partial charge on any atom is 0.108 e. The van der Waals surface area contributed by atoms with Crippen molar-refractivity contribution in [3.8, 4) is 0 Å². The van der Waals surface area contributed by atoms with Crippen molar-refractivity contribution in [2.45, 2.75) is 77.2 Å². The van der Waals surface area contributed by atoms with Gasteiger partial charge in [-0.2, -0.15) is 0 Å². The van der Waals surface area contributed by atoms with Gasteiger partial charge >= 0.3 is 0 Å². The van der Waals surface area contributed by atoms with Crippen molar-refractivity contribution in [1.29, 1.82) is 0 Å². The van der Waals surface area contributed by atoms with Crippen molar-refractivity contribution in [3.05, 3.63) is 71.8 Å². The van der Waals surface area contributed by atoms with Gasteiger partial charge in [-0.1, -0.05) is 125 Å². The van der Waals surface area contributed by atoms with Crippen LogP contribution in [0.15, 0.2) is 60.7 Å². The van der Waals surface area contributed by atoms with Crippen LogP contribution >= 0.6 is 0 Å². The quantitative estimate of drug-likeness (QED) is 0.316. The number of rotatable bonds is 14. The van der Waals surface area contributed by atoms with Crippen molar-refractivity contribution in [2.75, 3.05) is 6.61 Å². The predicted molar refractivity (Wildman–Crippen MR) is 113 cm³/mol. The molecule has 142 valence electrons. The molecule has 0 N–H and O–H groups in total. The molecule has 2 aromatic rings. The van der Waals surface area contributed by atoms with Crippen LogP contribution in [0.4, 0.5) is 0 Å². The summed E-state index contributed by atoms with van der Waals surface area (Å²) in [7, 11) is 0. The first kappa shape index (κ1) is 20.7. The highest BCUT2D eigenvalue weighted by Gasteiger charge is 2.13. The Kier molecular flexibility index (Phi) is 10.8. The fraction of sp³-hybridized carbons (Fsp3) is 0.520. The van der Waals surface area contributed by atoms with E-state index >= 15 is 0 Å². The van der Waals surface area contributed by atoms with E-state index in [0.29, 0.717) is 0 Å². The third-order valence-corrected chi connectivity index (χ3v) is 4.99. The van der Waals surface area contributed by atoms with E-state index in [-0.39, 0.29) is 6.10 Å². The molecule has 0 spiro atoms. The zero-order valence-electron chi connectivity index (χ0n) is 16.5. The van der Waals surface area contributed by atoms with E-state index < -0.39 is 0 Å². The molecule has 2 aromatic carbocycles. The largest absolute Gasteiger partial charge is 0.369 e. The lowest BCUT2D eigenvalue weighted by Gasteiger charge is -2.19. The maximum atomic E-state index is 6.29. The van der Waals surface area contributed by atoms with Gasteiger partial charge in [-0.3, -0.25) is 0 Å². The molecule has 1 heteroatoms. The first-order chi connectivity index (χ1) is 12.9. The molecular weight excluding hydrogens is 316 g/mol. The van der Waals surface area contributed by atoms with Gasteiger partial charge in [0.05, 0.1) is 0 Å². The van der Waals surface area contributed by atoms with Crippen LogP contribution in [0.2, 0.25) is 0 Å². The van der Waals surface area contributed by atoms with Crippen LogP contribution in [0.25, 0.3) is 0 Å². The minimum atomic E-state index is 0.0518. The van der Waals surface area contributed by atoms with Gasteiger partial charge in [-0.15, -0.1) is 0 Å². The van der Waals surface area contributed by atoms with Crippen molar-refractivity contribution in [3.63, 3.8) is 0 Å². The molecule has 26 heavy (non-hydrogen) atoms. The highest BCUT2D eigenvalue weighted by molar-refractivity contribution is 5.29. The molecule has 0 saturated carbocycles. The minimum Gasteiger partial charge on any atom is -0.369 e. The van der Waals surface area contributed by atoms with E-state index in [1.165, 1.54) is 68.9 Å². The first-order valence-corrected chi connectivity index (χ1v) is 10.6. The van der Waals surface area contributed by atoms with E-state index in [1.807, 2.05) is 0 Å². The van der Waals surface area contributed by atoms with Crippen LogP contribution in [0.5, 0.6) is 0 Å². The first-order valence-electron chi connectivity index (χ1n) is 10.6. The predicted octanol–water partition coefficient (Wildman–Crippen LogP) is 7.71. The number of unbranched alkanes of at least 4 members (excludes halogenated alkanes) is 9. The van der Waals surface area contributed by atoms with Crippen molar-refractivity contribution < 1.29 is 4.74 Å². The van der Waals surface area contributed by atoms with Crippen molar-refractivity contribution in [2.24, 2.45) is 0 Å². The van der Waals surface area contributed by atoms with Gasteiger partial charge in [0.2, 0.25) is 0 Å². The average molecular weight is 353 g/mol. The highest BCUT2D eigenvalue weighted by Crippen LogP contribution is 2.26. The van der Waals surface area contributed by atoms with Crippen LogP contribution in [0, 0.1) is 0 Å². The van der Waals surface area contributed by atoms with Crippen molar-refractivity contribution >= 4 is 0 Å². The van der Waals surface area contributed by atoms with Gasteiger partial charge in [0.1, 0.15) is 6.10 Å². The lowest BCUT2D eigenvalue weighted by Crippen LogP contribution is -2.07. The Hall–Kier alpha value is -1.60. The molecular formula is C25H36O. The highest BCUT2D eigenvalue weighted by atomic mass is 16.5. The summed E-state index contributed by atoms with van der Waals surface area (Å²) >= 11 is 0. The zero-order chi connectivity index (χ0) is 18.3. The smallest absolute Gasteiger partial charge is 0.108 e. The Morgan fingerprint density at radius 2 is 1.00 bits per heavy atom. The Morgan fingerprint density at radius 3 is 1.46 bits per heavy atom. The fourth-order valence-corrected chi connectivity index (χ4v) is 3.43. The van der Waals surface area contributed by atoms with Gasteiger partial charge in [0.15, 0.2) is 0 Å². The lowest BCUT2D eigenvalue weighted by atomic mass is 10.0. The van der Waals surface area contributed by atoms with Gasteiger partial charge in [0.25, 0.3) is 0 Å². The number of ether oxygens (including phenoxy) is 1. The molecule has 0 radical (unpaired) electrons. The lowest BCUT2D eigenvalue weighted by molar-refractivity contribution is 0.0768. The van der Waals surface area contributed by atoms with Crippen LogP contribution in [0.1, 0.15) is 88.4 Å². The van der Waals surface area contributed by atoms with E-state index in [9.17, 15) is 0 Å². The van der Waals surface area contributed by atoms with Gasteiger partial charge in [-0.25, -0.2) is 0 Å². The third-order valence-electron chi connectivity index (χ3n) is 4.99. The molecule has 0 amide bonds. The third kappa shape index (κ3) is 8.19. The summed E-state index contributed by atoms with van der Waals surface area (Å²) in [4.78, 5) is 0. The molecule has 0 atom stereocenters. The summed E-state index contributed by atoms with van der Waals surface area (Å²) in [6.45, 7) is 3.12. The van der Waals surface area contributed by atoms with Crippen LogP contribution < -0.4 is 0 Å². The van der Waals surface area contributed by atoms with Gasteiger partial charge in [-0.05, 0) is 17.5 Å². The van der Waals surface area contributed by atoms with E-state index in [1.54, 1.807) is 0 Å². The van der Waals surface area contributed by atoms with Crippen molar-refractivity contribution in [1.82, 2.24) is 0 Å². The standard InChI is InChI=1S/C25H36O/c1-2-3-4-5-6-7-8-9-10-17-22-26-25(23-18-13-11-14-19-23)24-20-15-12-16-21-24/h11-16,18-21,25H,2-10,17,22H2,1H3. The molecule has 0 aromatic heterocycles. The normalized spacial score (nSPS) is 11.2. The van der Waals surface area contributed by atoms with Gasteiger partial charge in [0, 0.05) is 6.61 Å². The average Bonchev–Trinajstić information content (AvgIpc) is 2.70. The molecule has 0 fully saturated rings. The molecule has 0 bridgehead atoms. The number of benzene rings is 2. The van der Waals surface area contributed by atoms with Crippen LogP contribution in [-0.2, 0) is 4.74 Å². The molecule has 0 heterocycles.